The molecule has 3 N–H and O–H groups in total. The molecule has 2 saturated heterocycles. The van der Waals surface area contributed by atoms with Crippen molar-refractivity contribution in [2.24, 2.45) is 5.92 Å². The number of aryl methyl sites for hydroxylation is 1. The number of amides is 1. The Morgan fingerprint density at radius 3 is 2.18 bits per heavy atom. The number of furan rings is 1. The molecule has 0 radical (unpaired) electrons. The second-order valence-corrected chi connectivity index (χ2v) is 8.42. The summed E-state index contributed by atoms with van der Waals surface area (Å²) in [6.07, 6.45) is -5.72. The fraction of sp³-hybridized carbons (Fsp3) is 0.478. The van der Waals surface area contributed by atoms with Crippen molar-refractivity contribution in [1.29, 1.82) is 0 Å². The molecule has 2 aliphatic rings. The van der Waals surface area contributed by atoms with Crippen molar-refractivity contribution in [2.75, 3.05) is 13.2 Å². The van der Waals surface area contributed by atoms with Crippen molar-refractivity contribution in [2.45, 2.75) is 50.9 Å². The number of fused-ring (bicyclic) bond motifs is 1. The molecule has 16 heteroatoms. The van der Waals surface area contributed by atoms with Gasteiger partial charge < -0.3 is 24.7 Å². The third-order valence-corrected chi connectivity index (χ3v) is 5.57. The molecule has 2 aliphatic heterocycles. The molecule has 0 bridgehead atoms. The normalized spacial score (nSPS) is 20.6. The molecule has 2 aromatic heterocycles. The molecule has 0 aromatic carbocycles. The zero-order chi connectivity index (χ0) is 29.4. The summed E-state index contributed by atoms with van der Waals surface area (Å²) in [7, 11) is 0. The van der Waals surface area contributed by atoms with Crippen LogP contribution in [0.2, 0.25) is 0 Å². The Kier molecular flexibility index (Phi) is 10.9. The third-order valence-electron chi connectivity index (χ3n) is 5.57. The van der Waals surface area contributed by atoms with E-state index in [0.29, 0.717) is 19.1 Å². The summed E-state index contributed by atoms with van der Waals surface area (Å²) >= 11 is 0. The number of alkyl halides is 6. The minimum absolute atomic E-state index is 0.0232. The largest absolute Gasteiger partial charge is 0.490 e. The first-order valence-corrected chi connectivity index (χ1v) is 11.3. The predicted molar refractivity (Wildman–Crippen MR) is 119 cm³/mol. The van der Waals surface area contributed by atoms with Gasteiger partial charge in [0.15, 0.2) is 0 Å². The number of halogens is 6. The van der Waals surface area contributed by atoms with Gasteiger partial charge in [-0.2, -0.15) is 26.3 Å². The fourth-order valence-electron chi connectivity index (χ4n) is 3.87. The Morgan fingerprint density at radius 2 is 1.69 bits per heavy atom. The molecule has 0 unspecified atom stereocenters. The lowest BCUT2D eigenvalue weighted by Crippen LogP contribution is -2.37. The van der Waals surface area contributed by atoms with Gasteiger partial charge in [-0.3, -0.25) is 14.7 Å². The Morgan fingerprint density at radius 1 is 1.08 bits per heavy atom. The van der Waals surface area contributed by atoms with Crippen molar-refractivity contribution < 1.29 is 60.1 Å². The van der Waals surface area contributed by atoms with E-state index in [0.717, 1.165) is 36.7 Å². The van der Waals surface area contributed by atoms with Gasteiger partial charge in [0, 0.05) is 38.1 Å². The standard InChI is InChI=1S/C19H23N3O3.2C2HF3O2/c1-13-4-5-15(25-13)11-22-12-16(18-17(22)6-8-24-18)19(23)21-10-14-3-2-7-20-9-14;2*3-2(4,5)1(6)7/h2-5,7,9,16-18H,6,8,10-12H2,1H3,(H,21,23);2*(H,6,7)/t16-,17+,18+;;/m0../s1. The fourth-order valence-corrected chi connectivity index (χ4v) is 3.87. The zero-order valence-corrected chi connectivity index (χ0v) is 20.3. The minimum Gasteiger partial charge on any atom is -0.475 e. The lowest BCUT2D eigenvalue weighted by molar-refractivity contribution is -0.193. The number of carboxylic acid groups (broad SMARTS) is 2. The number of carbonyl (C=O) groups excluding carboxylic acids is 1. The van der Waals surface area contributed by atoms with E-state index in [4.69, 9.17) is 29.0 Å². The topological polar surface area (TPSA) is 142 Å². The van der Waals surface area contributed by atoms with Gasteiger partial charge in [-0.05, 0) is 37.1 Å². The average Bonchev–Trinajstić information content (AvgIpc) is 3.56. The summed E-state index contributed by atoms with van der Waals surface area (Å²) < 4.78 is 75.1. The van der Waals surface area contributed by atoms with E-state index in [1.165, 1.54) is 0 Å². The van der Waals surface area contributed by atoms with Crippen LogP contribution in [-0.4, -0.2) is 75.6 Å². The van der Waals surface area contributed by atoms with Crippen LogP contribution in [0.25, 0.3) is 0 Å². The maximum atomic E-state index is 12.7. The van der Waals surface area contributed by atoms with Gasteiger partial charge in [-0.1, -0.05) is 6.07 Å². The number of nitrogens with one attached hydrogen (secondary N) is 1. The van der Waals surface area contributed by atoms with Crippen LogP contribution in [-0.2, 0) is 32.2 Å². The number of pyridine rings is 1. The van der Waals surface area contributed by atoms with Crippen LogP contribution >= 0.6 is 0 Å². The van der Waals surface area contributed by atoms with E-state index < -0.39 is 24.3 Å². The molecular formula is C23H25F6N3O7. The van der Waals surface area contributed by atoms with Gasteiger partial charge in [0.25, 0.3) is 0 Å². The first-order chi connectivity index (χ1) is 18.1. The average molecular weight is 569 g/mol. The number of hydrogen-bond acceptors (Lipinski definition) is 7. The number of nitrogens with zero attached hydrogens (tertiary/aromatic N) is 2. The Balaban J connectivity index is 0.000000317. The molecule has 0 aliphatic carbocycles. The number of aliphatic carboxylic acids is 2. The van der Waals surface area contributed by atoms with Crippen molar-refractivity contribution in [3.05, 3.63) is 53.7 Å². The molecule has 3 atom stereocenters. The van der Waals surface area contributed by atoms with Gasteiger partial charge in [-0.25, -0.2) is 9.59 Å². The summed E-state index contributed by atoms with van der Waals surface area (Å²) in [5, 5.41) is 17.3. The first kappa shape index (κ1) is 31.6. The Hall–Kier alpha value is -3.66. The van der Waals surface area contributed by atoms with E-state index in [-0.39, 0.29) is 17.9 Å². The zero-order valence-electron chi connectivity index (χ0n) is 20.3. The quantitative estimate of drug-likeness (QED) is 0.463. The summed E-state index contributed by atoms with van der Waals surface area (Å²) in [5.74, 6) is -3.74. The maximum Gasteiger partial charge on any atom is 0.490 e. The van der Waals surface area contributed by atoms with Crippen molar-refractivity contribution in [3.8, 4) is 0 Å². The van der Waals surface area contributed by atoms with Gasteiger partial charge in [-0.15, -0.1) is 0 Å². The van der Waals surface area contributed by atoms with E-state index in [1.54, 1.807) is 12.4 Å². The first-order valence-electron chi connectivity index (χ1n) is 11.3. The molecule has 1 amide bonds. The number of hydrogen-bond donors (Lipinski definition) is 3. The molecule has 2 aromatic rings. The number of aromatic nitrogens is 1. The number of rotatable bonds is 5. The monoisotopic (exact) mass is 569 g/mol. The summed E-state index contributed by atoms with van der Waals surface area (Å²) in [5.41, 5.74) is 1.00. The molecule has 39 heavy (non-hydrogen) atoms. The molecule has 2 fully saturated rings. The maximum absolute atomic E-state index is 12.7. The highest BCUT2D eigenvalue weighted by Crippen LogP contribution is 2.34. The second-order valence-electron chi connectivity index (χ2n) is 8.42. The predicted octanol–water partition coefficient (Wildman–Crippen LogP) is 3.16. The summed E-state index contributed by atoms with van der Waals surface area (Å²) in [6.45, 7) is 4.59. The summed E-state index contributed by atoms with van der Waals surface area (Å²) in [4.78, 5) is 36.9. The molecule has 10 nitrogen and oxygen atoms in total. The number of ether oxygens (including phenoxy) is 1. The van der Waals surface area contributed by atoms with Crippen LogP contribution in [0.3, 0.4) is 0 Å². The van der Waals surface area contributed by atoms with Crippen LogP contribution in [0.4, 0.5) is 26.3 Å². The van der Waals surface area contributed by atoms with E-state index in [1.807, 2.05) is 31.2 Å². The smallest absolute Gasteiger partial charge is 0.475 e. The molecule has 0 saturated carbocycles. The van der Waals surface area contributed by atoms with Crippen molar-refractivity contribution >= 4 is 17.8 Å². The van der Waals surface area contributed by atoms with E-state index in [9.17, 15) is 31.1 Å². The van der Waals surface area contributed by atoms with Gasteiger partial charge >= 0.3 is 24.3 Å². The minimum atomic E-state index is -5.08. The van der Waals surface area contributed by atoms with Gasteiger partial charge in [0.05, 0.1) is 18.6 Å². The molecular weight excluding hydrogens is 544 g/mol. The third kappa shape index (κ3) is 9.86. The lowest BCUT2D eigenvalue weighted by Gasteiger charge is -2.20. The van der Waals surface area contributed by atoms with Crippen LogP contribution in [0.15, 0.2) is 41.1 Å². The lowest BCUT2D eigenvalue weighted by atomic mass is 10.0. The summed E-state index contributed by atoms with van der Waals surface area (Å²) in [6, 6.07) is 8.12. The van der Waals surface area contributed by atoms with Crippen molar-refractivity contribution in [1.82, 2.24) is 15.2 Å². The van der Waals surface area contributed by atoms with Crippen LogP contribution in [0, 0.1) is 12.8 Å². The van der Waals surface area contributed by atoms with E-state index >= 15 is 0 Å². The molecule has 4 heterocycles. The van der Waals surface area contributed by atoms with Crippen LogP contribution in [0.5, 0.6) is 0 Å². The second kappa shape index (κ2) is 13.4. The Bertz CT molecular complexity index is 1080. The number of carboxylic acids is 2. The highest BCUT2D eigenvalue weighted by atomic mass is 19.4. The number of carbonyl (C=O) groups is 3. The van der Waals surface area contributed by atoms with Crippen LogP contribution in [0.1, 0.15) is 23.5 Å². The molecule has 4 rings (SSSR count). The van der Waals surface area contributed by atoms with E-state index in [2.05, 4.69) is 15.2 Å². The number of likely N-dealkylation sites (tertiary alicyclic amines) is 1. The van der Waals surface area contributed by atoms with Crippen molar-refractivity contribution in [3.63, 3.8) is 0 Å². The highest BCUT2D eigenvalue weighted by molar-refractivity contribution is 5.80. The van der Waals surface area contributed by atoms with Gasteiger partial charge in [0.2, 0.25) is 5.91 Å². The van der Waals surface area contributed by atoms with Crippen LogP contribution < -0.4 is 5.32 Å². The SMILES string of the molecule is Cc1ccc(CN2C[C@H](C(=O)NCc3cccnc3)[C@H]3OCC[C@H]32)o1.O=C(O)C(F)(F)F.O=C(O)C(F)(F)F. The van der Waals surface area contributed by atoms with Gasteiger partial charge in [0.1, 0.15) is 11.5 Å². The Labute approximate surface area is 217 Å². The molecule has 216 valence electrons. The highest BCUT2D eigenvalue weighted by Gasteiger charge is 2.48. The molecule has 0 spiro atoms.